The van der Waals surface area contributed by atoms with Gasteiger partial charge in [-0.15, -0.1) is 0 Å². The number of aryl methyl sites for hydroxylation is 2. The molecule has 4 aromatic rings. The van der Waals surface area contributed by atoms with Gasteiger partial charge >= 0.3 is 0 Å². The highest BCUT2D eigenvalue weighted by Gasteiger charge is 2.43. The fourth-order valence-electron chi connectivity index (χ4n) is 7.99. The van der Waals surface area contributed by atoms with Crippen molar-refractivity contribution < 1.29 is 14.4 Å². The summed E-state index contributed by atoms with van der Waals surface area (Å²) in [6, 6.07) is 23.1. The van der Waals surface area contributed by atoms with Crippen LogP contribution in [0, 0.1) is 30.2 Å². The zero-order valence-electron chi connectivity index (χ0n) is 27.1. The highest BCUT2D eigenvalue weighted by Crippen LogP contribution is 2.38. The molecule has 4 N–H and O–H groups in total. The Morgan fingerprint density at radius 2 is 1.60 bits per heavy atom. The number of benzene rings is 4. The summed E-state index contributed by atoms with van der Waals surface area (Å²) in [6.45, 7) is 7.62. The normalized spacial score (nSPS) is 18.7. The van der Waals surface area contributed by atoms with Gasteiger partial charge in [0.15, 0.2) is 5.78 Å². The summed E-state index contributed by atoms with van der Waals surface area (Å²) in [5.41, 5.74) is 14.7. The zero-order valence-corrected chi connectivity index (χ0v) is 27.1. The van der Waals surface area contributed by atoms with Crippen molar-refractivity contribution in [3.8, 4) is 0 Å². The average molecular weight is 622 g/mol. The van der Waals surface area contributed by atoms with Crippen LogP contribution in [0.1, 0.15) is 68.3 Å². The Balaban J connectivity index is 1.27. The number of carbonyl (C=O) groups is 2. The summed E-state index contributed by atoms with van der Waals surface area (Å²) in [7, 11) is 0. The van der Waals surface area contributed by atoms with E-state index in [1.807, 2.05) is 63.2 Å². The van der Waals surface area contributed by atoms with Crippen molar-refractivity contribution in [1.29, 1.82) is 0 Å². The molecule has 0 bridgehead atoms. The van der Waals surface area contributed by atoms with Crippen LogP contribution in [-0.2, 0) is 17.6 Å². The molecule has 1 saturated heterocycles. The Hall–Kier alpha value is -4.87. The molecule has 0 radical (unpaired) electrons. The van der Waals surface area contributed by atoms with E-state index in [1.54, 1.807) is 12.1 Å². The molecule has 0 spiro atoms. The maximum Gasteiger partial charge on any atom is 0.255 e. The van der Waals surface area contributed by atoms with Gasteiger partial charge in [0.2, 0.25) is 0 Å². The van der Waals surface area contributed by atoms with Gasteiger partial charge in [0.05, 0.1) is 11.1 Å². The van der Waals surface area contributed by atoms with Gasteiger partial charge in [0, 0.05) is 22.4 Å². The van der Waals surface area contributed by atoms with Crippen LogP contribution < -0.4 is 26.8 Å². The second-order valence-electron chi connectivity index (χ2n) is 13.3. The SMILES string of the molecule is CC1=c2ccc3c(c2CC(N)(C2CCNCC2)C1=C=O)CC=c1c(C(=O)c2ccc(NC(=O)c4ccccc4C)c(C)c2)cccc1=3. The number of anilines is 1. The van der Waals surface area contributed by atoms with E-state index in [4.69, 9.17) is 5.73 Å². The van der Waals surface area contributed by atoms with Gasteiger partial charge in [-0.1, -0.05) is 54.6 Å². The molecule has 1 unspecified atom stereocenters. The summed E-state index contributed by atoms with van der Waals surface area (Å²) in [5.74, 6) is 2.23. The number of piperidine rings is 1. The summed E-state index contributed by atoms with van der Waals surface area (Å²) in [4.78, 5) is 39.3. The summed E-state index contributed by atoms with van der Waals surface area (Å²) in [6.07, 6.45) is 5.30. The van der Waals surface area contributed by atoms with E-state index in [9.17, 15) is 14.4 Å². The fourth-order valence-corrected chi connectivity index (χ4v) is 7.99. The van der Waals surface area contributed by atoms with Crippen LogP contribution in [0.5, 0.6) is 0 Å². The molecule has 3 aliphatic rings. The molecule has 1 atom stereocenters. The van der Waals surface area contributed by atoms with Crippen LogP contribution in [0.3, 0.4) is 0 Å². The Labute approximate surface area is 274 Å². The van der Waals surface area contributed by atoms with Gasteiger partial charge in [-0.2, -0.15) is 0 Å². The van der Waals surface area contributed by atoms with E-state index >= 15 is 0 Å². The number of nitrogens with one attached hydrogen (secondary N) is 2. The second-order valence-corrected chi connectivity index (χ2v) is 13.3. The first-order valence-electron chi connectivity index (χ1n) is 16.4. The van der Waals surface area contributed by atoms with Gasteiger partial charge in [-0.05, 0) is 138 Å². The summed E-state index contributed by atoms with van der Waals surface area (Å²) >= 11 is 0. The zero-order chi connectivity index (χ0) is 32.9. The van der Waals surface area contributed by atoms with Crippen molar-refractivity contribution in [2.75, 3.05) is 18.4 Å². The van der Waals surface area contributed by atoms with Gasteiger partial charge in [-0.3, -0.25) is 9.59 Å². The molecule has 4 aromatic carbocycles. The maximum atomic E-state index is 14.0. The first kappa shape index (κ1) is 30.8. The van der Waals surface area contributed by atoms with Crippen LogP contribution in [0.4, 0.5) is 5.69 Å². The van der Waals surface area contributed by atoms with Crippen LogP contribution in [0.2, 0.25) is 0 Å². The Morgan fingerprint density at radius 3 is 2.34 bits per heavy atom. The highest BCUT2D eigenvalue weighted by atomic mass is 16.1. The Kier molecular flexibility index (Phi) is 7.89. The predicted molar refractivity (Wildman–Crippen MR) is 186 cm³/mol. The minimum absolute atomic E-state index is 0.0591. The number of fused-ring (bicyclic) bond motifs is 4. The minimum Gasteiger partial charge on any atom is -0.322 e. The molecule has 236 valence electrons. The number of carbonyl (C=O) groups excluding carboxylic acids is 3. The van der Waals surface area contributed by atoms with Gasteiger partial charge in [0.1, 0.15) is 5.94 Å². The number of amides is 1. The lowest BCUT2D eigenvalue weighted by atomic mass is 9.65. The van der Waals surface area contributed by atoms with Crippen LogP contribution >= 0.6 is 0 Å². The van der Waals surface area contributed by atoms with E-state index in [-0.39, 0.29) is 17.6 Å². The van der Waals surface area contributed by atoms with Gasteiger partial charge in [-0.25, -0.2) is 4.79 Å². The molecular formula is C41H39N3O3. The average Bonchev–Trinajstić information content (AvgIpc) is 3.09. The Morgan fingerprint density at radius 1 is 0.851 bits per heavy atom. The first-order valence-corrected chi connectivity index (χ1v) is 16.4. The van der Waals surface area contributed by atoms with E-state index in [1.165, 1.54) is 11.1 Å². The molecule has 2 aliphatic carbocycles. The standard InChI is InChI=1S/C41H39N3O3/c1-24-7-4-5-8-29(24)40(47)44-38-16-11-27(21-25(38)2)39(46)35-10-6-9-31-32-13-12-30-26(3)37(23-45)41(42,28-17-19-43-20-18-28)22-36(30)34(32)15-14-33(31)35/h4-14,16,21,28,43H,15,17-20,22,42H2,1-3H3,(H,44,47). The lowest BCUT2D eigenvalue weighted by Crippen LogP contribution is -2.57. The second kappa shape index (κ2) is 12.1. The van der Waals surface area contributed by atoms with Crippen molar-refractivity contribution >= 4 is 35.0 Å². The first-order chi connectivity index (χ1) is 22.7. The molecule has 0 saturated carbocycles. The molecule has 0 aromatic heterocycles. The lowest BCUT2D eigenvalue weighted by Gasteiger charge is -2.43. The van der Waals surface area contributed by atoms with Crippen molar-refractivity contribution in [1.82, 2.24) is 5.32 Å². The number of hydrogen-bond acceptors (Lipinski definition) is 5. The number of rotatable bonds is 5. The largest absolute Gasteiger partial charge is 0.322 e. The highest BCUT2D eigenvalue weighted by molar-refractivity contribution is 6.10. The molecule has 47 heavy (non-hydrogen) atoms. The molecule has 6 heteroatoms. The van der Waals surface area contributed by atoms with Crippen molar-refractivity contribution in [3.05, 3.63) is 138 Å². The van der Waals surface area contributed by atoms with Crippen LogP contribution in [0.15, 0.2) is 78.4 Å². The molecule has 1 aliphatic heterocycles. The van der Waals surface area contributed by atoms with Gasteiger partial charge < -0.3 is 16.4 Å². The summed E-state index contributed by atoms with van der Waals surface area (Å²) in [5, 5.41) is 10.6. The molecule has 1 heterocycles. The monoisotopic (exact) mass is 621 g/mol. The maximum absolute atomic E-state index is 14.0. The molecule has 1 amide bonds. The van der Waals surface area contributed by atoms with E-state index in [0.29, 0.717) is 40.8 Å². The topological polar surface area (TPSA) is 101 Å². The third-order valence-corrected chi connectivity index (χ3v) is 10.6. The summed E-state index contributed by atoms with van der Waals surface area (Å²) < 4.78 is 0. The Bertz CT molecular complexity index is 2260. The molecular weight excluding hydrogens is 582 g/mol. The quantitative estimate of drug-likeness (QED) is 0.224. The van der Waals surface area contributed by atoms with Crippen LogP contribution in [0.25, 0.3) is 11.6 Å². The van der Waals surface area contributed by atoms with Crippen molar-refractivity contribution in [2.45, 2.75) is 52.0 Å². The predicted octanol–water partition coefficient (Wildman–Crippen LogP) is 4.59. The van der Waals surface area contributed by atoms with Gasteiger partial charge in [0.25, 0.3) is 5.91 Å². The van der Waals surface area contributed by atoms with Crippen LogP contribution in [-0.4, -0.2) is 36.3 Å². The van der Waals surface area contributed by atoms with Crippen molar-refractivity contribution in [2.24, 2.45) is 11.7 Å². The fraction of sp³-hybridized carbons (Fsp3) is 0.268. The van der Waals surface area contributed by atoms with Crippen molar-refractivity contribution in [3.63, 3.8) is 0 Å². The molecule has 6 nitrogen and oxygen atoms in total. The van der Waals surface area contributed by atoms with E-state index < -0.39 is 5.54 Å². The number of nitrogens with two attached hydrogens (primary N) is 1. The minimum atomic E-state index is -0.752. The number of hydrogen-bond donors (Lipinski definition) is 3. The molecule has 7 rings (SSSR count). The third-order valence-electron chi connectivity index (χ3n) is 10.6. The third kappa shape index (κ3) is 5.19. The lowest BCUT2D eigenvalue weighted by molar-refractivity contribution is 0.102. The van der Waals surface area contributed by atoms with E-state index in [2.05, 4.69) is 40.9 Å². The smallest absolute Gasteiger partial charge is 0.255 e. The number of ketones is 1. The van der Waals surface area contributed by atoms with E-state index in [0.717, 1.165) is 63.5 Å². The molecule has 1 fully saturated rings.